The maximum absolute atomic E-state index is 12.3. The Labute approximate surface area is 138 Å². The van der Waals surface area contributed by atoms with E-state index in [1.54, 1.807) is 4.90 Å². The van der Waals surface area contributed by atoms with Crippen LogP contribution in [0.3, 0.4) is 0 Å². The van der Waals surface area contributed by atoms with Gasteiger partial charge in [0.25, 0.3) is 0 Å². The Morgan fingerprint density at radius 1 is 1.30 bits per heavy atom. The number of benzene rings is 1. The van der Waals surface area contributed by atoms with Crippen molar-refractivity contribution in [1.82, 2.24) is 10.2 Å². The number of fused-ring (bicyclic) bond motifs is 1. The Bertz CT molecular complexity index is 689. The normalized spacial score (nSPS) is 22.9. The van der Waals surface area contributed by atoms with Crippen molar-refractivity contribution < 1.29 is 13.2 Å². The van der Waals surface area contributed by atoms with Gasteiger partial charge in [0, 0.05) is 25.9 Å². The molecule has 5 nitrogen and oxygen atoms in total. The quantitative estimate of drug-likeness (QED) is 0.912. The third-order valence-electron chi connectivity index (χ3n) is 5.06. The van der Waals surface area contributed by atoms with E-state index in [0.717, 1.165) is 12.8 Å². The van der Waals surface area contributed by atoms with Gasteiger partial charge in [-0.15, -0.1) is 0 Å². The number of sulfone groups is 1. The minimum atomic E-state index is -3.07. The lowest BCUT2D eigenvalue weighted by Crippen LogP contribution is -2.44. The molecule has 0 radical (unpaired) electrons. The molecule has 3 rings (SSSR count). The van der Waals surface area contributed by atoms with Gasteiger partial charge in [-0.25, -0.2) is 13.2 Å². The number of nitrogens with zero attached hydrogens (tertiary/aromatic N) is 1. The van der Waals surface area contributed by atoms with Gasteiger partial charge in [-0.1, -0.05) is 31.2 Å². The van der Waals surface area contributed by atoms with Crippen LogP contribution < -0.4 is 5.32 Å². The number of urea groups is 1. The summed E-state index contributed by atoms with van der Waals surface area (Å²) in [6.45, 7) is 3.62. The van der Waals surface area contributed by atoms with Gasteiger partial charge in [0.2, 0.25) is 0 Å². The molecule has 0 aromatic heterocycles. The fourth-order valence-corrected chi connectivity index (χ4v) is 4.66. The summed E-state index contributed by atoms with van der Waals surface area (Å²) in [5.74, 6) is 0. The third kappa shape index (κ3) is 3.52. The molecule has 1 atom stereocenters. The van der Waals surface area contributed by atoms with Gasteiger partial charge in [0.05, 0.1) is 5.25 Å². The zero-order valence-electron chi connectivity index (χ0n) is 13.7. The first-order valence-corrected chi connectivity index (χ1v) is 10.0. The van der Waals surface area contributed by atoms with E-state index >= 15 is 0 Å². The number of rotatable bonds is 3. The van der Waals surface area contributed by atoms with Gasteiger partial charge in [0.1, 0.15) is 0 Å². The second-order valence-corrected chi connectivity index (χ2v) is 9.60. The average Bonchev–Trinajstić information content (AvgIpc) is 3.08. The van der Waals surface area contributed by atoms with Crippen molar-refractivity contribution in [3.8, 4) is 0 Å². The van der Waals surface area contributed by atoms with Gasteiger partial charge in [-0.2, -0.15) is 0 Å². The molecule has 2 amide bonds. The van der Waals surface area contributed by atoms with Gasteiger partial charge in [-0.05, 0) is 35.8 Å². The van der Waals surface area contributed by atoms with Crippen LogP contribution in [-0.4, -0.2) is 50.5 Å². The summed E-state index contributed by atoms with van der Waals surface area (Å²) in [4.78, 5) is 13.9. The molecular formula is C17H24N2O3S. The minimum Gasteiger partial charge on any atom is -0.337 e. The average molecular weight is 336 g/mol. The molecule has 1 saturated heterocycles. The Morgan fingerprint density at radius 2 is 1.91 bits per heavy atom. The molecule has 1 aliphatic carbocycles. The summed E-state index contributed by atoms with van der Waals surface area (Å²) in [7, 11) is -3.07. The Kier molecular flexibility index (Phi) is 4.12. The minimum absolute atomic E-state index is 0.0370. The van der Waals surface area contributed by atoms with Crippen molar-refractivity contribution in [3.05, 3.63) is 35.4 Å². The fourth-order valence-electron chi connectivity index (χ4n) is 3.67. The Balaban J connectivity index is 1.55. The molecule has 23 heavy (non-hydrogen) atoms. The van der Waals surface area contributed by atoms with Crippen LogP contribution in [0.25, 0.3) is 0 Å². The highest BCUT2D eigenvalue weighted by Gasteiger charge is 2.35. The Morgan fingerprint density at radius 3 is 2.43 bits per heavy atom. The molecule has 1 aromatic carbocycles. The van der Waals surface area contributed by atoms with Crippen LogP contribution in [0, 0.1) is 5.41 Å². The van der Waals surface area contributed by atoms with Crippen LogP contribution in [-0.2, 0) is 22.7 Å². The second-order valence-electron chi connectivity index (χ2n) is 7.28. The highest BCUT2D eigenvalue weighted by Crippen LogP contribution is 2.36. The van der Waals surface area contributed by atoms with Crippen molar-refractivity contribution in [1.29, 1.82) is 0 Å². The van der Waals surface area contributed by atoms with Crippen LogP contribution in [0.1, 0.15) is 24.5 Å². The SMILES string of the molecule is CC1(CNC(=O)N2CCC(S(C)(=O)=O)C2)Cc2ccccc2C1. The second kappa shape index (κ2) is 5.82. The van der Waals surface area contributed by atoms with Gasteiger partial charge in [0.15, 0.2) is 9.84 Å². The molecule has 6 heteroatoms. The zero-order valence-corrected chi connectivity index (χ0v) is 14.5. The first-order chi connectivity index (χ1) is 10.8. The standard InChI is InChI=1S/C17H24N2O3S/c1-17(9-13-5-3-4-6-14(13)10-17)12-18-16(20)19-8-7-15(11-19)23(2,21)22/h3-6,15H,7-12H2,1-2H3,(H,18,20). The number of hydrogen-bond donors (Lipinski definition) is 1. The monoisotopic (exact) mass is 336 g/mol. The summed E-state index contributed by atoms with van der Waals surface area (Å²) < 4.78 is 23.2. The molecule has 1 fully saturated rings. The molecule has 0 saturated carbocycles. The van der Waals surface area contributed by atoms with Crippen molar-refractivity contribution in [3.63, 3.8) is 0 Å². The number of carbonyl (C=O) groups is 1. The van der Waals surface area contributed by atoms with Crippen LogP contribution in [0.2, 0.25) is 0 Å². The number of hydrogen-bond acceptors (Lipinski definition) is 3. The fraction of sp³-hybridized carbons (Fsp3) is 0.588. The van der Waals surface area contributed by atoms with E-state index in [2.05, 4.69) is 36.5 Å². The highest BCUT2D eigenvalue weighted by molar-refractivity contribution is 7.91. The number of carbonyl (C=O) groups excluding carboxylic acids is 1. The van der Waals surface area contributed by atoms with E-state index in [9.17, 15) is 13.2 Å². The van der Waals surface area contributed by atoms with Crippen LogP contribution in [0.5, 0.6) is 0 Å². The molecule has 126 valence electrons. The van der Waals surface area contributed by atoms with Crippen molar-refractivity contribution in [2.24, 2.45) is 5.41 Å². The topological polar surface area (TPSA) is 66.5 Å². The number of nitrogens with one attached hydrogen (secondary N) is 1. The van der Waals surface area contributed by atoms with Gasteiger partial charge >= 0.3 is 6.03 Å². The zero-order chi connectivity index (χ0) is 16.7. The van der Waals surface area contributed by atoms with E-state index in [1.807, 2.05) is 0 Å². The van der Waals surface area contributed by atoms with E-state index in [1.165, 1.54) is 17.4 Å². The highest BCUT2D eigenvalue weighted by atomic mass is 32.2. The lowest BCUT2D eigenvalue weighted by Gasteiger charge is -2.26. The summed E-state index contributed by atoms with van der Waals surface area (Å²) in [6.07, 6.45) is 3.72. The summed E-state index contributed by atoms with van der Waals surface area (Å²) in [5, 5.41) is 2.59. The number of likely N-dealkylation sites (tertiary alicyclic amines) is 1. The first kappa shape index (κ1) is 16.3. The van der Waals surface area contributed by atoms with E-state index < -0.39 is 15.1 Å². The van der Waals surface area contributed by atoms with E-state index in [-0.39, 0.29) is 11.4 Å². The third-order valence-corrected chi connectivity index (χ3v) is 6.65. The summed E-state index contributed by atoms with van der Waals surface area (Å²) in [6, 6.07) is 8.27. The molecular weight excluding hydrogens is 312 g/mol. The maximum atomic E-state index is 12.3. The first-order valence-electron chi connectivity index (χ1n) is 8.05. The van der Waals surface area contributed by atoms with E-state index in [4.69, 9.17) is 0 Å². The molecule has 1 aliphatic heterocycles. The predicted molar refractivity (Wildman–Crippen MR) is 90.2 cm³/mol. The van der Waals surface area contributed by atoms with Crippen molar-refractivity contribution >= 4 is 15.9 Å². The largest absolute Gasteiger partial charge is 0.337 e. The molecule has 2 aliphatic rings. The summed E-state index contributed by atoms with van der Waals surface area (Å²) >= 11 is 0. The molecule has 0 bridgehead atoms. The molecule has 1 unspecified atom stereocenters. The van der Waals surface area contributed by atoms with Crippen LogP contribution >= 0.6 is 0 Å². The number of amides is 2. The molecule has 1 aromatic rings. The van der Waals surface area contributed by atoms with Crippen LogP contribution in [0.15, 0.2) is 24.3 Å². The smallest absolute Gasteiger partial charge is 0.317 e. The molecule has 0 spiro atoms. The molecule has 1 heterocycles. The van der Waals surface area contributed by atoms with Crippen LogP contribution in [0.4, 0.5) is 4.79 Å². The lowest BCUT2D eigenvalue weighted by molar-refractivity contribution is 0.201. The molecule has 1 N–H and O–H groups in total. The van der Waals surface area contributed by atoms with Crippen molar-refractivity contribution in [2.75, 3.05) is 25.9 Å². The van der Waals surface area contributed by atoms with E-state index in [0.29, 0.717) is 26.1 Å². The maximum Gasteiger partial charge on any atom is 0.317 e. The van der Waals surface area contributed by atoms with Gasteiger partial charge in [-0.3, -0.25) is 0 Å². The lowest BCUT2D eigenvalue weighted by atomic mass is 9.87. The summed E-state index contributed by atoms with van der Waals surface area (Å²) in [5.41, 5.74) is 2.76. The van der Waals surface area contributed by atoms with Crippen molar-refractivity contribution in [2.45, 2.75) is 31.4 Å². The Hall–Kier alpha value is -1.56. The predicted octanol–water partition coefficient (Wildman–Crippen LogP) is 1.62. The van der Waals surface area contributed by atoms with Gasteiger partial charge < -0.3 is 10.2 Å².